The van der Waals surface area contributed by atoms with E-state index in [4.69, 9.17) is 4.74 Å². The largest absolute Gasteiger partial charge is 0.497 e. The van der Waals surface area contributed by atoms with Crippen molar-refractivity contribution in [3.05, 3.63) is 64.1 Å². The van der Waals surface area contributed by atoms with Crippen molar-refractivity contribution >= 4 is 15.9 Å². The van der Waals surface area contributed by atoms with Gasteiger partial charge in [0.15, 0.2) is 0 Å². The SMILES string of the molecule is COc1ccc(C2CCCN2Cc2ccc(Br)cc2)cc1. The Morgan fingerprint density at radius 2 is 1.81 bits per heavy atom. The normalized spacial score (nSPS) is 18.9. The molecule has 0 amide bonds. The van der Waals surface area contributed by atoms with E-state index in [1.165, 1.54) is 30.5 Å². The molecule has 1 aliphatic rings. The third-order valence-corrected chi connectivity index (χ3v) is 4.69. The van der Waals surface area contributed by atoms with Crippen molar-refractivity contribution in [2.24, 2.45) is 0 Å². The van der Waals surface area contributed by atoms with E-state index in [0.717, 1.165) is 16.8 Å². The summed E-state index contributed by atoms with van der Waals surface area (Å²) in [5, 5.41) is 0. The highest BCUT2D eigenvalue weighted by Crippen LogP contribution is 2.33. The van der Waals surface area contributed by atoms with Gasteiger partial charge < -0.3 is 4.74 Å². The molecule has 110 valence electrons. The summed E-state index contributed by atoms with van der Waals surface area (Å²) in [7, 11) is 1.71. The van der Waals surface area contributed by atoms with Crippen LogP contribution in [0.2, 0.25) is 0 Å². The Labute approximate surface area is 134 Å². The Balaban J connectivity index is 1.73. The average molecular weight is 346 g/mol. The molecule has 2 nitrogen and oxygen atoms in total. The van der Waals surface area contributed by atoms with E-state index in [1.54, 1.807) is 7.11 Å². The number of ether oxygens (including phenoxy) is 1. The van der Waals surface area contributed by atoms with Gasteiger partial charge in [-0.25, -0.2) is 0 Å². The third kappa shape index (κ3) is 3.47. The van der Waals surface area contributed by atoms with Crippen LogP contribution in [0.4, 0.5) is 0 Å². The highest BCUT2D eigenvalue weighted by Gasteiger charge is 2.25. The maximum absolute atomic E-state index is 5.25. The molecule has 0 aliphatic carbocycles. The van der Waals surface area contributed by atoms with Gasteiger partial charge in [0.2, 0.25) is 0 Å². The van der Waals surface area contributed by atoms with Crippen molar-refractivity contribution in [2.45, 2.75) is 25.4 Å². The van der Waals surface area contributed by atoms with Crippen LogP contribution in [0, 0.1) is 0 Å². The zero-order valence-corrected chi connectivity index (χ0v) is 13.8. The Hall–Kier alpha value is -1.32. The minimum absolute atomic E-state index is 0.527. The zero-order chi connectivity index (χ0) is 14.7. The molecule has 0 bridgehead atoms. The number of hydrogen-bond donors (Lipinski definition) is 0. The van der Waals surface area contributed by atoms with Crippen LogP contribution in [0.3, 0.4) is 0 Å². The second-order valence-electron chi connectivity index (χ2n) is 5.53. The van der Waals surface area contributed by atoms with Crippen molar-refractivity contribution < 1.29 is 4.74 Å². The van der Waals surface area contributed by atoms with Gasteiger partial charge in [0.05, 0.1) is 7.11 Å². The average Bonchev–Trinajstić information content (AvgIpc) is 2.98. The van der Waals surface area contributed by atoms with Crippen molar-refractivity contribution in [1.29, 1.82) is 0 Å². The lowest BCUT2D eigenvalue weighted by Gasteiger charge is -2.25. The molecular weight excluding hydrogens is 326 g/mol. The summed E-state index contributed by atoms with van der Waals surface area (Å²) in [6, 6.07) is 17.7. The van der Waals surface area contributed by atoms with Gasteiger partial charge in [-0.1, -0.05) is 40.2 Å². The van der Waals surface area contributed by atoms with Gasteiger partial charge in [0.25, 0.3) is 0 Å². The third-order valence-electron chi connectivity index (χ3n) is 4.16. The van der Waals surface area contributed by atoms with Gasteiger partial charge in [-0.3, -0.25) is 4.90 Å². The molecule has 2 aromatic rings. The fraction of sp³-hybridized carbons (Fsp3) is 0.333. The number of hydrogen-bond acceptors (Lipinski definition) is 2. The van der Waals surface area contributed by atoms with Crippen molar-refractivity contribution in [3.8, 4) is 5.75 Å². The predicted octanol–water partition coefficient (Wildman–Crippen LogP) is 4.79. The smallest absolute Gasteiger partial charge is 0.118 e. The Bertz CT molecular complexity index is 579. The van der Waals surface area contributed by atoms with E-state index in [0.29, 0.717) is 6.04 Å². The highest BCUT2D eigenvalue weighted by atomic mass is 79.9. The molecule has 21 heavy (non-hydrogen) atoms. The maximum Gasteiger partial charge on any atom is 0.118 e. The molecule has 3 rings (SSSR count). The molecule has 0 radical (unpaired) electrons. The second kappa shape index (κ2) is 6.63. The first-order chi connectivity index (χ1) is 10.3. The van der Waals surface area contributed by atoms with Gasteiger partial charge in [-0.05, 0) is 54.8 Å². The van der Waals surface area contributed by atoms with Gasteiger partial charge in [0, 0.05) is 17.1 Å². The van der Waals surface area contributed by atoms with E-state index in [-0.39, 0.29) is 0 Å². The minimum Gasteiger partial charge on any atom is -0.497 e. The van der Waals surface area contributed by atoms with E-state index >= 15 is 0 Å². The van der Waals surface area contributed by atoms with Crippen LogP contribution in [0.15, 0.2) is 53.0 Å². The lowest BCUT2D eigenvalue weighted by molar-refractivity contribution is 0.248. The Morgan fingerprint density at radius 3 is 2.48 bits per heavy atom. The van der Waals surface area contributed by atoms with Crippen LogP contribution in [0.1, 0.15) is 30.0 Å². The molecular formula is C18H20BrNO. The molecule has 3 heteroatoms. The summed E-state index contributed by atoms with van der Waals surface area (Å²) in [5.74, 6) is 0.927. The first-order valence-electron chi connectivity index (χ1n) is 7.39. The van der Waals surface area contributed by atoms with Gasteiger partial charge in [-0.2, -0.15) is 0 Å². The molecule has 1 aliphatic heterocycles. The quantitative estimate of drug-likeness (QED) is 0.789. The number of benzene rings is 2. The van der Waals surface area contributed by atoms with Crippen molar-refractivity contribution in [2.75, 3.05) is 13.7 Å². The van der Waals surface area contributed by atoms with Crippen LogP contribution in [0.25, 0.3) is 0 Å². The molecule has 0 spiro atoms. The summed E-state index contributed by atoms with van der Waals surface area (Å²) in [5.41, 5.74) is 2.77. The fourth-order valence-corrected chi connectivity index (χ4v) is 3.31. The Morgan fingerprint density at radius 1 is 1.10 bits per heavy atom. The van der Waals surface area contributed by atoms with Crippen molar-refractivity contribution in [3.63, 3.8) is 0 Å². The van der Waals surface area contributed by atoms with Gasteiger partial charge >= 0.3 is 0 Å². The number of nitrogens with zero attached hydrogens (tertiary/aromatic N) is 1. The van der Waals surface area contributed by atoms with Crippen molar-refractivity contribution in [1.82, 2.24) is 4.90 Å². The minimum atomic E-state index is 0.527. The fourth-order valence-electron chi connectivity index (χ4n) is 3.04. The van der Waals surface area contributed by atoms with E-state index in [2.05, 4.69) is 69.4 Å². The summed E-state index contributed by atoms with van der Waals surface area (Å²) in [6.07, 6.45) is 2.51. The van der Waals surface area contributed by atoms with E-state index < -0.39 is 0 Å². The molecule has 2 aromatic carbocycles. The molecule has 0 N–H and O–H groups in total. The molecule has 0 aromatic heterocycles. The monoisotopic (exact) mass is 345 g/mol. The number of methoxy groups -OCH3 is 1. The second-order valence-corrected chi connectivity index (χ2v) is 6.44. The number of likely N-dealkylation sites (tertiary alicyclic amines) is 1. The predicted molar refractivity (Wildman–Crippen MR) is 89.5 cm³/mol. The van der Waals surface area contributed by atoms with Crippen LogP contribution in [-0.4, -0.2) is 18.6 Å². The lowest BCUT2D eigenvalue weighted by Crippen LogP contribution is -2.22. The number of halogens is 1. The first kappa shape index (κ1) is 14.6. The first-order valence-corrected chi connectivity index (χ1v) is 8.18. The standard InChI is InChI=1S/C18H20BrNO/c1-21-17-10-6-15(7-11-17)18-3-2-12-20(18)13-14-4-8-16(19)9-5-14/h4-11,18H,2-3,12-13H2,1H3. The summed E-state index contributed by atoms with van der Waals surface area (Å²) in [4.78, 5) is 2.57. The van der Waals surface area contributed by atoms with E-state index in [1.807, 2.05) is 0 Å². The summed E-state index contributed by atoms with van der Waals surface area (Å²) >= 11 is 3.49. The molecule has 0 saturated carbocycles. The lowest BCUT2D eigenvalue weighted by atomic mass is 10.0. The van der Waals surface area contributed by atoms with Gasteiger partial charge in [-0.15, -0.1) is 0 Å². The summed E-state index contributed by atoms with van der Waals surface area (Å²) in [6.45, 7) is 2.19. The van der Waals surface area contributed by atoms with Crippen LogP contribution in [-0.2, 0) is 6.54 Å². The zero-order valence-electron chi connectivity index (χ0n) is 12.3. The van der Waals surface area contributed by atoms with Crippen LogP contribution >= 0.6 is 15.9 Å². The number of rotatable bonds is 4. The Kier molecular flexibility index (Phi) is 4.61. The van der Waals surface area contributed by atoms with Crippen LogP contribution < -0.4 is 4.74 Å². The summed E-state index contributed by atoms with van der Waals surface area (Å²) < 4.78 is 6.39. The topological polar surface area (TPSA) is 12.5 Å². The molecule has 1 fully saturated rings. The van der Waals surface area contributed by atoms with Crippen LogP contribution in [0.5, 0.6) is 5.75 Å². The molecule has 1 saturated heterocycles. The highest BCUT2D eigenvalue weighted by molar-refractivity contribution is 9.10. The molecule has 1 heterocycles. The van der Waals surface area contributed by atoms with E-state index in [9.17, 15) is 0 Å². The molecule has 1 atom stereocenters. The van der Waals surface area contributed by atoms with Gasteiger partial charge in [0.1, 0.15) is 5.75 Å². The maximum atomic E-state index is 5.25. The molecule has 1 unspecified atom stereocenters.